The number of halogens is 1. The standard InChI is InChI=1S/C15H16N4O4.C7H7BrN2O2/c1-15(2,3)23-14(22)19-10-6-5-9(11(18-10)13(20)21)12-16-7-4-8-17-12;1-12-7(11)6-4(8)2-3-5(9)10-6/h4-8H,1-3H3,(H,20,21)(H,18,19,22);2-3H,1H3,(H2,9,10). The second-order valence-electron chi connectivity index (χ2n) is 7.66. The van der Waals surface area contributed by atoms with Crippen molar-refractivity contribution in [1.29, 1.82) is 0 Å². The largest absolute Gasteiger partial charge is 0.476 e. The summed E-state index contributed by atoms with van der Waals surface area (Å²) in [5, 5.41) is 11.7. The molecule has 0 saturated carbocycles. The smallest absolute Gasteiger partial charge is 0.413 e. The van der Waals surface area contributed by atoms with Crippen LogP contribution in [0.25, 0.3) is 11.4 Å². The predicted molar refractivity (Wildman–Crippen MR) is 130 cm³/mol. The number of nitrogens with one attached hydrogen (secondary N) is 1. The lowest BCUT2D eigenvalue weighted by molar-refractivity contribution is 0.0590. The molecule has 3 aromatic heterocycles. The number of hydrogen-bond acceptors (Lipinski definition) is 10. The van der Waals surface area contributed by atoms with E-state index in [1.165, 1.54) is 31.6 Å². The molecular weight excluding hydrogens is 524 g/mol. The Kier molecular flexibility index (Phi) is 9.17. The van der Waals surface area contributed by atoms with Gasteiger partial charge in [-0.05, 0) is 67.0 Å². The van der Waals surface area contributed by atoms with Gasteiger partial charge in [0.2, 0.25) is 0 Å². The second-order valence-corrected chi connectivity index (χ2v) is 8.51. The molecule has 0 aliphatic heterocycles. The van der Waals surface area contributed by atoms with Crippen LogP contribution in [0.3, 0.4) is 0 Å². The summed E-state index contributed by atoms with van der Waals surface area (Å²) in [6.07, 6.45) is 2.28. The Labute approximate surface area is 209 Å². The number of aromatic nitrogens is 4. The number of nitrogens with two attached hydrogens (primary N) is 1. The van der Waals surface area contributed by atoms with E-state index in [1.54, 1.807) is 39.0 Å². The van der Waals surface area contributed by atoms with E-state index >= 15 is 0 Å². The number of esters is 1. The molecule has 3 rings (SSSR count). The van der Waals surface area contributed by atoms with Crippen LogP contribution in [-0.4, -0.2) is 55.8 Å². The number of carbonyl (C=O) groups is 3. The maximum Gasteiger partial charge on any atom is 0.413 e. The van der Waals surface area contributed by atoms with Crippen molar-refractivity contribution in [3.63, 3.8) is 0 Å². The minimum atomic E-state index is -1.25. The first kappa shape index (κ1) is 27.1. The van der Waals surface area contributed by atoms with Gasteiger partial charge in [-0.15, -0.1) is 0 Å². The number of ether oxygens (including phenoxy) is 2. The van der Waals surface area contributed by atoms with E-state index in [0.29, 0.717) is 10.3 Å². The number of nitrogens with zero attached hydrogens (tertiary/aromatic N) is 4. The van der Waals surface area contributed by atoms with Gasteiger partial charge in [-0.2, -0.15) is 0 Å². The van der Waals surface area contributed by atoms with E-state index in [4.69, 9.17) is 10.5 Å². The monoisotopic (exact) mass is 546 g/mol. The van der Waals surface area contributed by atoms with Gasteiger partial charge in [-0.3, -0.25) is 5.32 Å². The van der Waals surface area contributed by atoms with Crippen molar-refractivity contribution >= 4 is 45.6 Å². The highest BCUT2D eigenvalue weighted by Gasteiger charge is 2.20. The Hall–Kier alpha value is -4.13. The molecule has 4 N–H and O–H groups in total. The molecule has 13 heteroatoms. The molecule has 0 spiro atoms. The fourth-order valence-corrected chi connectivity index (χ4v) is 2.80. The third-order valence-electron chi connectivity index (χ3n) is 3.78. The van der Waals surface area contributed by atoms with Gasteiger partial charge < -0.3 is 20.3 Å². The van der Waals surface area contributed by atoms with Crippen LogP contribution in [0, 0.1) is 0 Å². The number of hydrogen-bond donors (Lipinski definition) is 3. The molecule has 1 amide bonds. The van der Waals surface area contributed by atoms with Gasteiger partial charge in [0.15, 0.2) is 17.2 Å². The van der Waals surface area contributed by atoms with E-state index < -0.39 is 23.6 Å². The van der Waals surface area contributed by atoms with Gasteiger partial charge in [-0.25, -0.2) is 34.3 Å². The summed E-state index contributed by atoms with van der Waals surface area (Å²) in [5.74, 6) is -1.16. The molecule has 184 valence electrons. The zero-order chi connectivity index (χ0) is 26.2. The molecule has 3 aromatic rings. The van der Waals surface area contributed by atoms with Crippen molar-refractivity contribution in [2.24, 2.45) is 0 Å². The van der Waals surface area contributed by atoms with Crippen molar-refractivity contribution in [1.82, 2.24) is 19.9 Å². The number of carbonyl (C=O) groups excluding carboxylic acids is 2. The van der Waals surface area contributed by atoms with Crippen molar-refractivity contribution < 1.29 is 29.0 Å². The molecule has 0 bridgehead atoms. The van der Waals surface area contributed by atoms with Gasteiger partial charge in [0.05, 0.1) is 17.1 Å². The second kappa shape index (κ2) is 11.8. The average Bonchev–Trinajstić information content (AvgIpc) is 2.79. The summed E-state index contributed by atoms with van der Waals surface area (Å²) in [6, 6.07) is 7.81. The highest BCUT2D eigenvalue weighted by molar-refractivity contribution is 9.10. The minimum Gasteiger partial charge on any atom is -0.476 e. The third-order valence-corrected chi connectivity index (χ3v) is 4.42. The zero-order valence-corrected chi connectivity index (χ0v) is 20.9. The van der Waals surface area contributed by atoms with Crippen LogP contribution in [0.5, 0.6) is 0 Å². The van der Waals surface area contributed by atoms with Crippen LogP contribution in [-0.2, 0) is 9.47 Å². The molecule has 0 saturated heterocycles. The van der Waals surface area contributed by atoms with Crippen LogP contribution < -0.4 is 11.1 Å². The van der Waals surface area contributed by atoms with Gasteiger partial charge >= 0.3 is 18.0 Å². The number of pyridine rings is 2. The molecule has 0 fully saturated rings. The van der Waals surface area contributed by atoms with E-state index in [9.17, 15) is 19.5 Å². The van der Waals surface area contributed by atoms with Gasteiger partial charge in [-0.1, -0.05) is 0 Å². The number of aromatic carboxylic acids is 1. The Balaban J connectivity index is 0.000000303. The summed E-state index contributed by atoms with van der Waals surface area (Å²) in [4.78, 5) is 49.9. The minimum absolute atomic E-state index is 0.0660. The van der Waals surface area contributed by atoms with Crippen LogP contribution in [0.2, 0.25) is 0 Å². The molecule has 35 heavy (non-hydrogen) atoms. The number of rotatable bonds is 4. The van der Waals surface area contributed by atoms with E-state index in [2.05, 4.69) is 45.9 Å². The van der Waals surface area contributed by atoms with E-state index in [-0.39, 0.29) is 28.6 Å². The van der Waals surface area contributed by atoms with Crippen molar-refractivity contribution in [3.05, 3.63) is 58.6 Å². The first-order valence-corrected chi connectivity index (χ1v) is 10.7. The van der Waals surface area contributed by atoms with Crippen LogP contribution in [0.4, 0.5) is 16.4 Å². The van der Waals surface area contributed by atoms with E-state index in [0.717, 1.165) is 0 Å². The van der Waals surface area contributed by atoms with Crippen molar-refractivity contribution in [2.45, 2.75) is 26.4 Å². The summed E-state index contributed by atoms with van der Waals surface area (Å²) < 4.78 is 10.2. The zero-order valence-electron chi connectivity index (χ0n) is 19.3. The highest BCUT2D eigenvalue weighted by atomic mass is 79.9. The van der Waals surface area contributed by atoms with Crippen molar-refractivity contribution in [2.75, 3.05) is 18.2 Å². The summed E-state index contributed by atoms with van der Waals surface area (Å²) in [7, 11) is 1.29. The maximum absolute atomic E-state index is 11.7. The van der Waals surface area contributed by atoms with Crippen molar-refractivity contribution in [3.8, 4) is 11.4 Å². The summed E-state index contributed by atoms with van der Waals surface area (Å²) >= 11 is 3.15. The van der Waals surface area contributed by atoms with Crippen LogP contribution in [0.15, 0.2) is 47.2 Å². The number of amides is 1. The number of methoxy groups -OCH3 is 1. The Bertz CT molecular complexity index is 1220. The molecule has 0 aliphatic rings. The molecule has 0 atom stereocenters. The quantitative estimate of drug-likeness (QED) is 0.405. The molecule has 0 aliphatic carbocycles. The molecule has 3 heterocycles. The molecule has 0 unspecified atom stereocenters. The Morgan fingerprint density at radius 2 is 1.69 bits per heavy atom. The summed E-state index contributed by atoms with van der Waals surface area (Å²) in [6.45, 7) is 5.16. The highest BCUT2D eigenvalue weighted by Crippen LogP contribution is 2.21. The first-order valence-electron chi connectivity index (χ1n) is 9.93. The van der Waals surface area contributed by atoms with Gasteiger partial charge in [0, 0.05) is 12.4 Å². The average molecular weight is 547 g/mol. The molecule has 0 radical (unpaired) electrons. The van der Waals surface area contributed by atoms with Crippen LogP contribution in [0.1, 0.15) is 41.7 Å². The Morgan fingerprint density at radius 3 is 2.26 bits per heavy atom. The number of carboxylic acids is 1. The molecule has 0 aromatic carbocycles. The third kappa shape index (κ3) is 8.30. The first-order chi connectivity index (χ1) is 16.4. The normalized spacial score (nSPS) is 10.4. The lowest BCUT2D eigenvalue weighted by Crippen LogP contribution is -2.27. The fraction of sp³-hybridized carbons (Fsp3) is 0.227. The number of nitrogen functional groups attached to an aromatic ring is 1. The SMILES string of the molecule is CC(C)(C)OC(=O)Nc1ccc(-c2ncccn2)c(C(=O)O)n1.COC(=O)c1nc(N)ccc1Br. The predicted octanol–water partition coefficient (Wildman–Crippen LogP) is 3.80. The molecule has 12 nitrogen and oxygen atoms in total. The number of anilines is 2. The van der Waals surface area contributed by atoms with Gasteiger partial charge in [0.25, 0.3) is 0 Å². The molecular formula is C22H23BrN6O6. The lowest BCUT2D eigenvalue weighted by atomic mass is 10.1. The summed E-state index contributed by atoms with van der Waals surface area (Å²) in [5.41, 5.74) is 4.90. The van der Waals surface area contributed by atoms with Crippen LogP contribution >= 0.6 is 15.9 Å². The maximum atomic E-state index is 11.7. The Morgan fingerprint density at radius 1 is 1.03 bits per heavy atom. The van der Waals surface area contributed by atoms with E-state index in [1.807, 2.05) is 0 Å². The topological polar surface area (TPSA) is 180 Å². The van der Waals surface area contributed by atoms with Gasteiger partial charge in [0.1, 0.15) is 17.2 Å². The lowest BCUT2D eigenvalue weighted by Gasteiger charge is -2.19. The fourth-order valence-electron chi connectivity index (χ4n) is 2.42. The number of carboxylic acid groups (broad SMARTS) is 1.